The molecule has 0 aromatic heterocycles. The van der Waals surface area contributed by atoms with Gasteiger partial charge in [0.2, 0.25) is 5.91 Å². The molecular weight excluding hydrogens is 312 g/mol. The molecule has 2 atom stereocenters. The lowest BCUT2D eigenvalue weighted by Crippen LogP contribution is -2.34. The predicted octanol–water partition coefficient (Wildman–Crippen LogP) is 3.09. The highest BCUT2D eigenvalue weighted by atomic mass is 19.2. The van der Waals surface area contributed by atoms with Crippen LogP contribution in [0.25, 0.3) is 0 Å². The topological polar surface area (TPSA) is 40.5 Å². The second-order valence-electron chi connectivity index (χ2n) is 6.06. The van der Waals surface area contributed by atoms with Crippen molar-refractivity contribution in [1.29, 1.82) is 0 Å². The van der Waals surface area contributed by atoms with Crippen LogP contribution >= 0.6 is 0 Å². The van der Waals surface area contributed by atoms with Crippen molar-refractivity contribution < 1.29 is 18.7 Å². The van der Waals surface area contributed by atoms with Gasteiger partial charge in [-0.3, -0.25) is 4.79 Å². The third kappa shape index (κ3) is 3.46. The quantitative estimate of drug-likeness (QED) is 0.884. The van der Waals surface area contributed by atoms with Crippen LogP contribution in [0.3, 0.4) is 0 Å². The van der Waals surface area contributed by atoms with Crippen molar-refractivity contribution in [2.75, 3.05) is 13.2 Å². The number of halogens is 2. The van der Waals surface area contributed by atoms with Crippen molar-refractivity contribution in [1.82, 2.24) is 4.90 Å². The van der Waals surface area contributed by atoms with Gasteiger partial charge in [0, 0.05) is 19.0 Å². The summed E-state index contributed by atoms with van der Waals surface area (Å²) in [4.78, 5) is 14.3. The van der Waals surface area contributed by atoms with E-state index in [0.717, 1.165) is 11.6 Å². The van der Waals surface area contributed by atoms with Gasteiger partial charge in [-0.1, -0.05) is 42.5 Å². The Hall–Kier alpha value is -2.27. The molecule has 2 unspecified atom stereocenters. The van der Waals surface area contributed by atoms with Crippen molar-refractivity contribution in [2.45, 2.75) is 18.9 Å². The number of amides is 1. The SMILES string of the molecule is O=C(C1CC1c1cccc(F)c1F)N(CCO)Cc1ccccc1. The lowest BCUT2D eigenvalue weighted by Gasteiger charge is -2.22. The van der Waals surface area contributed by atoms with Gasteiger partial charge >= 0.3 is 0 Å². The molecule has 1 saturated carbocycles. The van der Waals surface area contributed by atoms with Gasteiger partial charge in [-0.2, -0.15) is 0 Å². The number of aliphatic hydroxyl groups excluding tert-OH is 1. The van der Waals surface area contributed by atoms with Gasteiger partial charge < -0.3 is 10.0 Å². The zero-order valence-corrected chi connectivity index (χ0v) is 13.2. The van der Waals surface area contributed by atoms with E-state index >= 15 is 0 Å². The third-order valence-corrected chi connectivity index (χ3v) is 4.39. The van der Waals surface area contributed by atoms with Crippen LogP contribution in [0.2, 0.25) is 0 Å². The summed E-state index contributed by atoms with van der Waals surface area (Å²) in [6.45, 7) is 0.488. The van der Waals surface area contributed by atoms with Crippen LogP contribution in [0.15, 0.2) is 48.5 Å². The molecule has 1 N–H and O–H groups in total. The summed E-state index contributed by atoms with van der Waals surface area (Å²) in [6.07, 6.45) is 0.510. The Labute approximate surface area is 139 Å². The predicted molar refractivity (Wildman–Crippen MR) is 86.2 cm³/mol. The average molecular weight is 331 g/mol. The van der Waals surface area contributed by atoms with Crippen LogP contribution in [-0.4, -0.2) is 29.1 Å². The van der Waals surface area contributed by atoms with E-state index in [-0.39, 0.29) is 36.5 Å². The van der Waals surface area contributed by atoms with Gasteiger partial charge in [0.05, 0.1) is 6.61 Å². The fourth-order valence-electron chi connectivity index (χ4n) is 3.04. The first kappa shape index (κ1) is 16.6. The first-order valence-electron chi connectivity index (χ1n) is 7.99. The largest absolute Gasteiger partial charge is 0.395 e. The van der Waals surface area contributed by atoms with Gasteiger partial charge in [-0.15, -0.1) is 0 Å². The highest BCUT2D eigenvalue weighted by Crippen LogP contribution is 2.49. The zero-order valence-electron chi connectivity index (χ0n) is 13.2. The van der Waals surface area contributed by atoms with Crippen LogP contribution in [-0.2, 0) is 11.3 Å². The summed E-state index contributed by atoms with van der Waals surface area (Å²) in [5, 5.41) is 9.23. The third-order valence-electron chi connectivity index (χ3n) is 4.39. The number of hydrogen-bond acceptors (Lipinski definition) is 2. The molecule has 3 rings (SSSR count). The van der Waals surface area contributed by atoms with Crippen LogP contribution in [0, 0.1) is 17.6 Å². The van der Waals surface area contributed by atoms with Crippen molar-refractivity contribution in [3.05, 3.63) is 71.3 Å². The molecule has 0 bridgehead atoms. The summed E-state index contributed by atoms with van der Waals surface area (Å²) in [6, 6.07) is 13.6. The molecule has 1 aliphatic carbocycles. The average Bonchev–Trinajstić information content (AvgIpc) is 3.38. The van der Waals surface area contributed by atoms with Gasteiger partial charge in [0.25, 0.3) is 0 Å². The van der Waals surface area contributed by atoms with E-state index in [0.29, 0.717) is 13.0 Å². The number of aliphatic hydroxyl groups is 1. The fraction of sp³-hybridized carbons (Fsp3) is 0.316. The molecule has 2 aromatic carbocycles. The number of benzene rings is 2. The molecule has 0 saturated heterocycles. The monoisotopic (exact) mass is 331 g/mol. The van der Waals surface area contributed by atoms with Crippen molar-refractivity contribution in [2.24, 2.45) is 5.92 Å². The molecule has 24 heavy (non-hydrogen) atoms. The lowest BCUT2D eigenvalue weighted by atomic mass is 10.1. The fourth-order valence-corrected chi connectivity index (χ4v) is 3.04. The summed E-state index contributed by atoms with van der Waals surface area (Å²) in [5.41, 5.74) is 1.23. The van der Waals surface area contributed by atoms with Crippen LogP contribution in [0.5, 0.6) is 0 Å². The highest BCUT2D eigenvalue weighted by molar-refractivity contribution is 5.83. The van der Waals surface area contributed by atoms with E-state index in [1.54, 1.807) is 4.90 Å². The second-order valence-corrected chi connectivity index (χ2v) is 6.06. The number of carbonyl (C=O) groups excluding carboxylic acids is 1. The first-order chi connectivity index (χ1) is 11.6. The van der Waals surface area contributed by atoms with Gasteiger partial charge in [0.1, 0.15) is 0 Å². The standard InChI is InChI=1S/C19H19F2NO2/c20-17-8-4-7-14(18(17)21)15-11-16(15)19(24)22(9-10-23)12-13-5-2-1-3-6-13/h1-8,15-16,23H,9-12H2. The minimum Gasteiger partial charge on any atom is -0.395 e. The van der Waals surface area contributed by atoms with Crippen molar-refractivity contribution in [3.63, 3.8) is 0 Å². The highest BCUT2D eigenvalue weighted by Gasteiger charge is 2.47. The van der Waals surface area contributed by atoms with Gasteiger partial charge in [-0.25, -0.2) is 8.78 Å². The van der Waals surface area contributed by atoms with Crippen LogP contribution in [0.1, 0.15) is 23.5 Å². The molecule has 0 heterocycles. The summed E-state index contributed by atoms with van der Waals surface area (Å²) in [7, 11) is 0. The van der Waals surface area contributed by atoms with E-state index in [4.69, 9.17) is 0 Å². The van der Waals surface area contributed by atoms with E-state index < -0.39 is 11.6 Å². The summed E-state index contributed by atoms with van der Waals surface area (Å²) >= 11 is 0. The van der Waals surface area contributed by atoms with E-state index in [1.165, 1.54) is 12.1 Å². The molecule has 0 spiro atoms. The first-order valence-corrected chi connectivity index (χ1v) is 7.99. The second kappa shape index (κ2) is 7.09. The molecule has 0 aliphatic heterocycles. The molecule has 2 aromatic rings. The molecular formula is C19H19F2NO2. The summed E-state index contributed by atoms with van der Waals surface area (Å²) in [5.74, 6) is -2.51. The Bertz CT molecular complexity index is 721. The summed E-state index contributed by atoms with van der Waals surface area (Å²) < 4.78 is 27.2. The molecule has 1 fully saturated rings. The number of carbonyl (C=O) groups is 1. The maximum absolute atomic E-state index is 13.9. The molecule has 0 radical (unpaired) electrons. The Morgan fingerprint density at radius 1 is 1.12 bits per heavy atom. The van der Waals surface area contributed by atoms with E-state index in [2.05, 4.69) is 0 Å². The molecule has 3 nitrogen and oxygen atoms in total. The van der Waals surface area contributed by atoms with E-state index in [1.807, 2.05) is 30.3 Å². The Morgan fingerprint density at radius 3 is 2.58 bits per heavy atom. The van der Waals surface area contributed by atoms with E-state index in [9.17, 15) is 18.7 Å². The van der Waals surface area contributed by atoms with Crippen molar-refractivity contribution in [3.8, 4) is 0 Å². The Balaban J connectivity index is 1.71. The van der Waals surface area contributed by atoms with Crippen LogP contribution in [0.4, 0.5) is 8.78 Å². The normalized spacial score (nSPS) is 19.1. The van der Waals surface area contributed by atoms with Gasteiger partial charge in [0.15, 0.2) is 11.6 Å². The molecule has 126 valence electrons. The smallest absolute Gasteiger partial charge is 0.226 e. The maximum Gasteiger partial charge on any atom is 0.226 e. The minimum absolute atomic E-state index is 0.124. The van der Waals surface area contributed by atoms with Gasteiger partial charge in [-0.05, 0) is 29.5 Å². The number of rotatable bonds is 6. The lowest BCUT2D eigenvalue weighted by molar-refractivity contribution is -0.133. The van der Waals surface area contributed by atoms with Crippen LogP contribution < -0.4 is 0 Å². The maximum atomic E-state index is 13.9. The zero-order chi connectivity index (χ0) is 17.1. The Kier molecular flexibility index (Phi) is 4.90. The minimum atomic E-state index is -0.887. The number of hydrogen-bond donors (Lipinski definition) is 1. The Morgan fingerprint density at radius 2 is 1.88 bits per heavy atom. The molecule has 5 heteroatoms. The molecule has 1 amide bonds. The van der Waals surface area contributed by atoms with Crippen molar-refractivity contribution >= 4 is 5.91 Å². The molecule has 1 aliphatic rings. The number of nitrogens with zero attached hydrogens (tertiary/aromatic N) is 1.